The fourth-order valence-electron chi connectivity index (χ4n) is 2.41. The van der Waals surface area contributed by atoms with Crippen molar-refractivity contribution in [1.82, 2.24) is 4.72 Å². The highest BCUT2D eigenvalue weighted by molar-refractivity contribution is 7.89. The Morgan fingerprint density at radius 2 is 1.83 bits per heavy atom. The van der Waals surface area contributed by atoms with Crippen molar-refractivity contribution >= 4 is 15.7 Å². The van der Waals surface area contributed by atoms with Crippen molar-refractivity contribution in [3.63, 3.8) is 0 Å². The van der Waals surface area contributed by atoms with E-state index in [-0.39, 0.29) is 16.6 Å². The van der Waals surface area contributed by atoms with Gasteiger partial charge in [0.2, 0.25) is 10.0 Å². The number of benzene rings is 2. The maximum atomic E-state index is 12.5. The molecule has 2 aromatic rings. The molecule has 0 saturated heterocycles. The number of nitrogens with one attached hydrogen (secondary N) is 1. The van der Waals surface area contributed by atoms with E-state index in [0.717, 1.165) is 18.1 Å². The van der Waals surface area contributed by atoms with Gasteiger partial charge >= 0.3 is 0 Å². The van der Waals surface area contributed by atoms with Gasteiger partial charge in [-0.1, -0.05) is 36.4 Å². The van der Waals surface area contributed by atoms with Crippen molar-refractivity contribution in [3.8, 4) is 0 Å². The highest BCUT2D eigenvalue weighted by atomic mass is 32.2. The van der Waals surface area contributed by atoms with E-state index in [0.29, 0.717) is 12.0 Å². The molecular formula is C17H20N2O4S. The first kappa shape index (κ1) is 18.1. The maximum Gasteiger partial charge on any atom is 0.270 e. The Bertz CT molecular complexity index is 820. The average Bonchev–Trinajstić information content (AvgIpc) is 2.53. The Labute approximate surface area is 141 Å². The lowest BCUT2D eigenvalue weighted by Crippen LogP contribution is -2.33. The van der Waals surface area contributed by atoms with Crippen LogP contribution in [0.2, 0.25) is 0 Å². The molecule has 2 aromatic carbocycles. The monoisotopic (exact) mass is 348 g/mol. The van der Waals surface area contributed by atoms with E-state index in [9.17, 15) is 18.5 Å². The zero-order valence-corrected chi connectivity index (χ0v) is 14.4. The second-order valence-corrected chi connectivity index (χ2v) is 7.44. The molecule has 0 radical (unpaired) electrons. The van der Waals surface area contributed by atoms with Gasteiger partial charge in [-0.3, -0.25) is 10.1 Å². The molecule has 0 aromatic heterocycles. The van der Waals surface area contributed by atoms with Crippen LogP contribution in [0.25, 0.3) is 0 Å². The second kappa shape index (κ2) is 7.55. The lowest BCUT2D eigenvalue weighted by molar-refractivity contribution is -0.385. The predicted octanol–water partition coefficient (Wildman–Crippen LogP) is 3.20. The van der Waals surface area contributed by atoms with Gasteiger partial charge in [0.1, 0.15) is 0 Å². The largest absolute Gasteiger partial charge is 0.270 e. The van der Waals surface area contributed by atoms with Crippen LogP contribution in [0.5, 0.6) is 0 Å². The minimum atomic E-state index is -3.81. The zero-order valence-electron chi connectivity index (χ0n) is 13.6. The summed E-state index contributed by atoms with van der Waals surface area (Å²) < 4.78 is 27.6. The molecule has 0 bridgehead atoms. The van der Waals surface area contributed by atoms with Gasteiger partial charge < -0.3 is 0 Å². The van der Waals surface area contributed by atoms with E-state index < -0.39 is 14.9 Å². The fourth-order valence-corrected chi connectivity index (χ4v) is 3.95. The third-order valence-electron chi connectivity index (χ3n) is 3.74. The molecule has 1 atom stereocenters. The molecule has 0 amide bonds. The topological polar surface area (TPSA) is 89.3 Å². The Morgan fingerprint density at radius 1 is 1.17 bits per heavy atom. The molecule has 0 heterocycles. The summed E-state index contributed by atoms with van der Waals surface area (Å²) in [5.74, 6) is 0. The molecule has 0 fully saturated rings. The van der Waals surface area contributed by atoms with Gasteiger partial charge in [0, 0.05) is 18.2 Å². The van der Waals surface area contributed by atoms with Gasteiger partial charge in [-0.05, 0) is 37.8 Å². The van der Waals surface area contributed by atoms with Crippen LogP contribution in [0.4, 0.5) is 5.69 Å². The first-order valence-corrected chi connectivity index (χ1v) is 9.09. The summed E-state index contributed by atoms with van der Waals surface area (Å²) in [6.45, 7) is 3.40. The van der Waals surface area contributed by atoms with Crippen molar-refractivity contribution in [1.29, 1.82) is 0 Å². The standard InChI is InChI=1S/C17H20N2O4S/c1-13-8-11-16(19(20)21)12-17(13)24(22,23)18-14(2)9-10-15-6-4-3-5-7-15/h3-8,11-12,14,18H,9-10H2,1-2H3/t14-/m1/s1. The Kier molecular flexibility index (Phi) is 5.69. The summed E-state index contributed by atoms with van der Waals surface area (Å²) in [6.07, 6.45) is 1.38. The van der Waals surface area contributed by atoms with Crippen LogP contribution in [-0.2, 0) is 16.4 Å². The summed E-state index contributed by atoms with van der Waals surface area (Å²) in [4.78, 5) is 10.2. The number of rotatable bonds is 7. The first-order valence-electron chi connectivity index (χ1n) is 7.61. The van der Waals surface area contributed by atoms with Crippen molar-refractivity contribution in [3.05, 3.63) is 69.8 Å². The van der Waals surface area contributed by atoms with Crippen LogP contribution in [-0.4, -0.2) is 19.4 Å². The first-order chi connectivity index (χ1) is 11.3. The summed E-state index contributed by atoms with van der Waals surface area (Å²) in [7, 11) is -3.81. The van der Waals surface area contributed by atoms with Crippen LogP contribution >= 0.6 is 0 Å². The number of sulfonamides is 1. The van der Waals surface area contributed by atoms with Gasteiger partial charge in [0.05, 0.1) is 9.82 Å². The molecule has 0 unspecified atom stereocenters. The van der Waals surface area contributed by atoms with E-state index in [2.05, 4.69) is 4.72 Å². The third kappa shape index (κ3) is 4.62. The molecule has 6 nitrogen and oxygen atoms in total. The summed E-state index contributed by atoms with van der Waals surface area (Å²) in [5, 5.41) is 10.9. The van der Waals surface area contributed by atoms with Crippen molar-refractivity contribution in [2.45, 2.75) is 37.6 Å². The molecule has 24 heavy (non-hydrogen) atoms. The fraction of sp³-hybridized carbons (Fsp3) is 0.294. The predicted molar refractivity (Wildman–Crippen MR) is 92.4 cm³/mol. The van der Waals surface area contributed by atoms with Crippen LogP contribution in [0.3, 0.4) is 0 Å². The van der Waals surface area contributed by atoms with Crippen molar-refractivity contribution in [2.24, 2.45) is 0 Å². The number of hydrogen-bond donors (Lipinski definition) is 1. The van der Waals surface area contributed by atoms with Gasteiger partial charge in [0.25, 0.3) is 5.69 Å². The van der Waals surface area contributed by atoms with E-state index in [1.807, 2.05) is 30.3 Å². The lowest BCUT2D eigenvalue weighted by Gasteiger charge is -2.15. The SMILES string of the molecule is Cc1ccc([N+](=O)[O-])cc1S(=O)(=O)N[C@H](C)CCc1ccccc1. The number of hydrogen-bond acceptors (Lipinski definition) is 4. The molecule has 7 heteroatoms. The summed E-state index contributed by atoms with van der Waals surface area (Å²) >= 11 is 0. The van der Waals surface area contributed by atoms with Gasteiger partial charge in [-0.15, -0.1) is 0 Å². The smallest absolute Gasteiger partial charge is 0.258 e. The van der Waals surface area contributed by atoms with Crippen LogP contribution in [0.15, 0.2) is 53.4 Å². The Morgan fingerprint density at radius 3 is 2.46 bits per heavy atom. The van der Waals surface area contributed by atoms with E-state index >= 15 is 0 Å². The van der Waals surface area contributed by atoms with E-state index in [1.54, 1.807) is 13.8 Å². The van der Waals surface area contributed by atoms with Crippen molar-refractivity contribution in [2.75, 3.05) is 0 Å². The summed E-state index contributed by atoms with van der Waals surface area (Å²) in [6, 6.07) is 13.4. The maximum absolute atomic E-state index is 12.5. The number of aryl methyl sites for hydroxylation is 2. The van der Waals surface area contributed by atoms with E-state index in [1.165, 1.54) is 12.1 Å². The molecule has 0 aliphatic heterocycles. The molecule has 0 aliphatic carbocycles. The number of non-ortho nitro benzene ring substituents is 1. The minimum absolute atomic E-state index is 0.0525. The third-order valence-corrected chi connectivity index (χ3v) is 5.47. The van der Waals surface area contributed by atoms with Crippen molar-refractivity contribution < 1.29 is 13.3 Å². The normalized spacial score (nSPS) is 12.8. The number of nitrogens with zero attached hydrogens (tertiary/aromatic N) is 1. The highest BCUT2D eigenvalue weighted by Crippen LogP contribution is 2.22. The van der Waals surface area contributed by atoms with E-state index in [4.69, 9.17) is 0 Å². The average molecular weight is 348 g/mol. The zero-order chi connectivity index (χ0) is 17.7. The van der Waals surface area contributed by atoms with Gasteiger partial charge in [-0.25, -0.2) is 13.1 Å². The molecular weight excluding hydrogens is 328 g/mol. The quantitative estimate of drug-likeness (QED) is 0.614. The molecule has 2 rings (SSSR count). The highest BCUT2D eigenvalue weighted by Gasteiger charge is 2.22. The van der Waals surface area contributed by atoms with Gasteiger partial charge in [0.15, 0.2) is 0 Å². The van der Waals surface area contributed by atoms with Crippen LogP contribution in [0, 0.1) is 17.0 Å². The Balaban J connectivity index is 2.10. The summed E-state index contributed by atoms with van der Waals surface area (Å²) in [5.41, 5.74) is 1.37. The molecule has 0 spiro atoms. The number of nitro benzene ring substituents is 1. The molecule has 0 saturated carbocycles. The van der Waals surface area contributed by atoms with Crippen LogP contribution < -0.4 is 4.72 Å². The van der Waals surface area contributed by atoms with Gasteiger partial charge in [-0.2, -0.15) is 0 Å². The van der Waals surface area contributed by atoms with Crippen LogP contribution in [0.1, 0.15) is 24.5 Å². The number of nitro groups is 1. The Hall–Kier alpha value is -2.25. The second-order valence-electron chi connectivity index (χ2n) is 5.75. The molecule has 1 N–H and O–H groups in total. The lowest BCUT2D eigenvalue weighted by atomic mass is 10.1. The molecule has 0 aliphatic rings. The minimum Gasteiger partial charge on any atom is -0.258 e. The molecule has 128 valence electrons.